The summed E-state index contributed by atoms with van der Waals surface area (Å²) in [5.41, 5.74) is 2.35. The van der Waals surface area contributed by atoms with E-state index < -0.39 is 0 Å². The van der Waals surface area contributed by atoms with E-state index in [9.17, 15) is 9.59 Å². The molecule has 0 unspecified atom stereocenters. The van der Waals surface area contributed by atoms with Crippen LogP contribution in [0.5, 0.6) is 11.5 Å². The molecule has 1 heterocycles. The van der Waals surface area contributed by atoms with E-state index in [1.54, 1.807) is 38.4 Å². The number of anilines is 1. The Kier molecular flexibility index (Phi) is 5.68. The highest BCUT2D eigenvalue weighted by Crippen LogP contribution is 2.33. The van der Waals surface area contributed by atoms with Gasteiger partial charge in [0.15, 0.2) is 11.5 Å². The van der Waals surface area contributed by atoms with Gasteiger partial charge in [0.25, 0.3) is 5.91 Å². The number of thioether (sulfide) groups is 1. The number of carbonyl (C=O) groups is 2. The van der Waals surface area contributed by atoms with Crippen LogP contribution in [0.25, 0.3) is 0 Å². The van der Waals surface area contributed by atoms with Crippen LogP contribution in [0.15, 0.2) is 42.5 Å². The Morgan fingerprint density at radius 3 is 2.54 bits per heavy atom. The minimum Gasteiger partial charge on any atom is -0.454 e. The van der Waals surface area contributed by atoms with Crippen LogP contribution in [-0.4, -0.2) is 43.4 Å². The predicted molar refractivity (Wildman–Crippen MR) is 102 cm³/mol. The second-order valence-electron chi connectivity index (χ2n) is 6.01. The Balaban J connectivity index is 1.46. The number of carbonyl (C=O) groups excluding carboxylic acids is 2. The van der Waals surface area contributed by atoms with E-state index in [0.717, 1.165) is 17.1 Å². The Hall–Kier alpha value is -2.67. The van der Waals surface area contributed by atoms with Crippen LogP contribution in [0.1, 0.15) is 15.9 Å². The van der Waals surface area contributed by atoms with Crippen LogP contribution in [0.4, 0.5) is 5.69 Å². The number of hydrogen-bond acceptors (Lipinski definition) is 5. The van der Waals surface area contributed by atoms with Crippen molar-refractivity contribution in [1.29, 1.82) is 0 Å². The van der Waals surface area contributed by atoms with Crippen molar-refractivity contribution in [3.8, 4) is 11.5 Å². The van der Waals surface area contributed by atoms with E-state index in [0.29, 0.717) is 22.8 Å². The largest absolute Gasteiger partial charge is 0.454 e. The second kappa shape index (κ2) is 8.14. The van der Waals surface area contributed by atoms with Crippen molar-refractivity contribution >= 4 is 29.3 Å². The van der Waals surface area contributed by atoms with Gasteiger partial charge in [0.05, 0.1) is 5.75 Å². The molecule has 3 rings (SSSR count). The van der Waals surface area contributed by atoms with Crippen molar-refractivity contribution in [2.75, 3.05) is 32.0 Å². The average Bonchev–Trinajstić information content (AvgIpc) is 3.09. The molecule has 0 saturated carbocycles. The van der Waals surface area contributed by atoms with Crippen molar-refractivity contribution in [3.05, 3.63) is 53.6 Å². The zero-order chi connectivity index (χ0) is 18.5. The van der Waals surface area contributed by atoms with Crippen LogP contribution in [0, 0.1) is 0 Å². The zero-order valence-corrected chi connectivity index (χ0v) is 15.5. The van der Waals surface area contributed by atoms with Crippen molar-refractivity contribution in [2.45, 2.75) is 5.75 Å². The number of hydrogen-bond donors (Lipinski definition) is 1. The molecule has 0 aliphatic carbocycles. The number of rotatable bonds is 6. The molecule has 2 aromatic rings. The molecule has 136 valence electrons. The molecule has 0 saturated heterocycles. The molecule has 0 aromatic heterocycles. The van der Waals surface area contributed by atoms with E-state index in [1.165, 1.54) is 16.7 Å². The third kappa shape index (κ3) is 4.49. The first-order valence-corrected chi connectivity index (χ1v) is 9.26. The average molecular weight is 372 g/mol. The molecule has 0 atom stereocenters. The normalized spacial score (nSPS) is 11.9. The van der Waals surface area contributed by atoms with Gasteiger partial charge in [0.2, 0.25) is 12.7 Å². The standard InChI is InChI=1S/C19H20N2O4S/c1-21(2)19(23)14-4-6-15(7-5-14)20-18(22)11-26-10-13-3-8-16-17(9-13)25-12-24-16/h3-9H,10-12H2,1-2H3,(H,20,22). The molecule has 2 aromatic carbocycles. The quantitative estimate of drug-likeness (QED) is 0.844. The monoisotopic (exact) mass is 372 g/mol. The summed E-state index contributed by atoms with van der Waals surface area (Å²) in [4.78, 5) is 25.4. The molecule has 0 radical (unpaired) electrons. The molecular weight excluding hydrogens is 352 g/mol. The van der Waals surface area contributed by atoms with Gasteiger partial charge in [-0.3, -0.25) is 9.59 Å². The maximum Gasteiger partial charge on any atom is 0.253 e. The van der Waals surface area contributed by atoms with Crippen LogP contribution in [0.3, 0.4) is 0 Å². The van der Waals surface area contributed by atoms with Crippen molar-refractivity contribution < 1.29 is 19.1 Å². The van der Waals surface area contributed by atoms with Gasteiger partial charge >= 0.3 is 0 Å². The van der Waals surface area contributed by atoms with Gasteiger partial charge in [0, 0.05) is 31.1 Å². The minimum absolute atomic E-state index is 0.0674. The van der Waals surface area contributed by atoms with E-state index >= 15 is 0 Å². The molecule has 1 aliphatic heterocycles. The Morgan fingerprint density at radius 2 is 1.81 bits per heavy atom. The van der Waals surface area contributed by atoms with Gasteiger partial charge in [-0.1, -0.05) is 6.07 Å². The number of nitrogens with one attached hydrogen (secondary N) is 1. The molecule has 1 N–H and O–H groups in total. The summed E-state index contributed by atoms with van der Waals surface area (Å²) in [7, 11) is 3.41. The second-order valence-corrected chi connectivity index (χ2v) is 6.99. The van der Waals surface area contributed by atoms with E-state index in [4.69, 9.17) is 9.47 Å². The van der Waals surface area contributed by atoms with Gasteiger partial charge in [0.1, 0.15) is 0 Å². The summed E-state index contributed by atoms with van der Waals surface area (Å²) >= 11 is 1.52. The number of fused-ring (bicyclic) bond motifs is 1. The van der Waals surface area contributed by atoms with Gasteiger partial charge in [-0.25, -0.2) is 0 Å². The maximum absolute atomic E-state index is 12.1. The number of benzene rings is 2. The molecule has 1 aliphatic rings. The van der Waals surface area contributed by atoms with Crippen molar-refractivity contribution in [3.63, 3.8) is 0 Å². The molecule has 6 nitrogen and oxygen atoms in total. The first-order valence-electron chi connectivity index (χ1n) is 8.11. The summed E-state index contributed by atoms with van der Waals surface area (Å²) in [6.45, 7) is 0.257. The summed E-state index contributed by atoms with van der Waals surface area (Å²) < 4.78 is 10.6. The van der Waals surface area contributed by atoms with Gasteiger partial charge in [-0.15, -0.1) is 11.8 Å². The molecule has 26 heavy (non-hydrogen) atoms. The maximum atomic E-state index is 12.1. The summed E-state index contributed by atoms with van der Waals surface area (Å²) in [6.07, 6.45) is 0. The Bertz CT molecular complexity index is 806. The fourth-order valence-electron chi connectivity index (χ4n) is 2.44. The molecule has 0 bridgehead atoms. The molecule has 0 fully saturated rings. The summed E-state index contributed by atoms with van der Waals surface area (Å²) in [5.74, 6) is 2.41. The third-order valence-electron chi connectivity index (χ3n) is 3.76. The van der Waals surface area contributed by atoms with Crippen molar-refractivity contribution in [1.82, 2.24) is 4.90 Å². The Morgan fingerprint density at radius 1 is 1.08 bits per heavy atom. The van der Waals surface area contributed by atoms with Gasteiger partial charge < -0.3 is 19.7 Å². The molecule has 2 amide bonds. The third-order valence-corrected chi connectivity index (χ3v) is 4.76. The number of amides is 2. The van der Waals surface area contributed by atoms with Gasteiger partial charge in [-0.05, 0) is 42.0 Å². The highest BCUT2D eigenvalue weighted by molar-refractivity contribution is 7.99. The predicted octanol–water partition coefficient (Wildman–Crippen LogP) is 2.99. The fourth-order valence-corrected chi connectivity index (χ4v) is 3.22. The topological polar surface area (TPSA) is 67.9 Å². The van der Waals surface area contributed by atoms with Gasteiger partial charge in [-0.2, -0.15) is 0 Å². The first-order chi connectivity index (χ1) is 12.5. The highest BCUT2D eigenvalue weighted by Gasteiger charge is 2.13. The summed E-state index contributed by atoms with van der Waals surface area (Å²) in [5, 5.41) is 2.84. The number of nitrogens with zero attached hydrogens (tertiary/aromatic N) is 1. The lowest BCUT2D eigenvalue weighted by Gasteiger charge is -2.11. The number of ether oxygens (including phenoxy) is 2. The van der Waals surface area contributed by atoms with Crippen LogP contribution < -0.4 is 14.8 Å². The smallest absolute Gasteiger partial charge is 0.253 e. The molecular formula is C19H20N2O4S. The minimum atomic E-state index is -0.0811. The van der Waals surface area contributed by atoms with Crippen LogP contribution in [-0.2, 0) is 10.5 Å². The van der Waals surface area contributed by atoms with Crippen LogP contribution >= 0.6 is 11.8 Å². The van der Waals surface area contributed by atoms with E-state index in [1.807, 2.05) is 18.2 Å². The fraction of sp³-hybridized carbons (Fsp3) is 0.263. The first kappa shape index (κ1) is 18.1. The SMILES string of the molecule is CN(C)C(=O)c1ccc(NC(=O)CSCc2ccc3c(c2)OCO3)cc1. The van der Waals surface area contributed by atoms with Crippen molar-refractivity contribution in [2.24, 2.45) is 0 Å². The Labute approximate surface area is 156 Å². The van der Waals surface area contributed by atoms with E-state index in [2.05, 4.69) is 5.32 Å². The highest BCUT2D eigenvalue weighted by atomic mass is 32.2. The lowest BCUT2D eigenvalue weighted by atomic mass is 10.2. The molecule has 0 spiro atoms. The van der Waals surface area contributed by atoms with Crippen LogP contribution in [0.2, 0.25) is 0 Å². The molecule has 7 heteroatoms. The van der Waals surface area contributed by atoms with E-state index in [-0.39, 0.29) is 18.6 Å². The lowest BCUT2D eigenvalue weighted by molar-refractivity contribution is -0.113. The lowest BCUT2D eigenvalue weighted by Crippen LogP contribution is -2.21. The zero-order valence-electron chi connectivity index (χ0n) is 14.7. The summed E-state index contributed by atoms with van der Waals surface area (Å²) in [6, 6.07) is 12.7.